The summed E-state index contributed by atoms with van der Waals surface area (Å²) in [5, 5.41) is 3.36. The van der Waals surface area contributed by atoms with Crippen molar-refractivity contribution in [1.29, 1.82) is 0 Å². The van der Waals surface area contributed by atoms with Crippen molar-refractivity contribution in [1.82, 2.24) is 10.2 Å². The van der Waals surface area contributed by atoms with E-state index in [0.29, 0.717) is 12.6 Å². The summed E-state index contributed by atoms with van der Waals surface area (Å²) in [5.74, 6) is 0. The number of halogens is 2. The Labute approximate surface area is 89.8 Å². The number of hydrogen-bond acceptors (Lipinski definition) is 3. The zero-order chi connectivity index (χ0) is 11.1. The molecular weight excluding hydrogens is 202 g/mol. The molecule has 0 atom stereocenters. The Hall–Kier alpha value is -0.260. The average Bonchev–Trinajstić information content (AvgIpc) is 2.20. The molecule has 0 unspecified atom stereocenters. The lowest BCUT2D eigenvalue weighted by atomic mass is 10.1. The van der Waals surface area contributed by atoms with Crippen LogP contribution in [0.25, 0.3) is 0 Å². The first-order valence-electron chi connectivity index (χ1n) is 5.45. The van der Waals surface area contributed by atoms with Gasteiger partial charge in [-0.2, -0.15) is 0 Å². The molecule has 1 rings (SSSR count). The molecule has 1 heterocycles. The average molecular weight is 222 g/mol. The van der Waals surface area contributed by atoms with Crippen molar-refractivity contribution in [2.24, 2.45) is 0 Å². The van der Waals surface area contributed by atoms with Crippen LogP contribution < -0.4 is 5.32 Å². The molecule has 3 nitrogen and oxygen atoms in total. The van der Waals surface area contributed by atoms with Gasteiger partial charge < -0.3 is 10.1 Å². The zero-order valence-corrected chi connectivity index (χ0v) is 9.22. The molecular formula is C10H20F2N2O. The van der Waals surface area contributed by atoms with Crippen molar-refractivity contribution in [3.8, 4) is 0 Å². The minimum Gasteiger partial charge on any atom is -0.383 e. The highest BCUT2D eigenvalue weighted by atomic mass is 19.3. The van der Waals surface area contributed by atoms with Crippen molar-refractivity contribution in [3.63, 3.8) is 0 Å². The molecule has 0 aromatic carbocycles. The number of nitrogens with zero attached hydrogens (tertiary/aromatic N) is 1. The Bertz CT molecular complexity index is 162. The normalized spacial score (nSPS) is 20.0. The molecule has 15 heavy (non-hydrogen) atoms. The molecule has 1 saturated heterocycles. The minimum atomic E-state index is -2.21. The van der Waals surface area contributed by atoms with E-state index in [2.05, 4.69) is 5.32 Å². The SMILES string of the molecule is COCCNC1CCN(CC(F)F)CC1. The molecule has 5 heteroatoms. The number of rotatable bonds is 6. The van der Waals surface area contributed by atoms with Crippen molar-refractivity contribution in [3.05, 3.63) is 0 Å². The minimum absolute atomic E-state index is 0.0786. The van der Waals surface area contributed by atoms with E-state index in [9.17, 15) is 8.78 Å². The maximum atomic E-state index is 12.1. The third-order valence-corrected chi connectivity index (χ3v) is 2.72. The largest absolute Gasteiger partial charge is 0.383 e. The van der Waals surface area contributed by atoms with E-state index in [1.165, 1.54) is 0 Å². The molecule has 0 bridgehead atoms. The molecule has 1 fully saturated rings. The first-order valence-corrected chi connectivity index (χ1v) is 5.45. The maximum absolute atomic E-state index is 12.1. The molecule has 0 aromatic heterocycles. The van der Waals surface area contributed by atoms with Gasteiger partial charge in [0.25, 0.3) is 6.43 Å². The Morgan fingerprint density at radius 2 is 2.07 bits per heavy atom. The molecule has 0 saturated carbocycles. The van der Waals surface area contributed by atoms with E-state index in [1.807, 2.05) is 4.90 Å². The summed E-state index contributed by atoms with van der Waals surface area (Å²) >= 11 is 0. The van der Waals surface area contributed by atoms with E-state index in [0.717, 1.165) is 32.5 Å². The standard InChI is InChI=1S/C10H20F2N2O/c1-15-7-4-13-9-2-5-14(6-3-9)8-10(11)12/h9-10,13H,2-8H2,1H3. The van der Waals surface area contributed by atoms with Crippen LogP contribution in [0, 0.1) is 0 Å². The highest BCUT2D eigenvalue weighted by Gasteiger charge is 2.20. The lowest BCUT2D eigenvalue weighted by Crippen LogP contribution is -2.44. The van der Waals surface area contributed by atoms with Gasteiger partial charge in [-0.3, -0.25) is 4.90 Å². The van der Waals surface area contributed by atoms with Crippen LogP contribution in [0.4, 0.5) is 8.78 Å². The smallest absolute Gasteiger partial charge is 0.251 e. The summed E-state index contributed by atoms with van der Waals surface area (Å²) in [7, 11) is 1.67. The summed E-state index contributed by atoms with van der Waals surface area (Å²) < 4.78 is 29.1. The molecule has 1 aliphatic rings. The first-order chi connectivity index (χ1) is 7.22. The molecule has 0 radical (unpaired) electrons. The van der Waals surface area contributed by atoms with Crippen LogP contribution in [0.3, 0.4) is 0 Å². The van der Waals surface area contributed by atoms with E-state index in [-0.39, 0.29) is 6.54 Å². The number of nitrogens with one attached hydrogen (secondary N) is 1. The number of alkyl halides is 2. The summed E-state index contributed by atoms with van der Waals surface area (Å²) in [6, 6.07) is 0.467. The summed E-state index contributed by atoms with van der Waals surface area (Å²) in [5.41, 5.74) is 0. The topological polar surface area (TPSA) is 24.5 Å². The van der Waals surface area contributed by atoms with Gasteiger partial charge in [0.15, 0.2) is 0 Å². The fourth-order valence-electron chi connectivity index (χ4n) is 1.88. The molecule has 0 aliphatic carbocycles. The van der Waals surface area contributed by atoms with Gasteiger partial charge in [0, 0.05) is 19.7 Å². The molecule has 0 aromatic rings. The Balaban J connectivity index is 2.07. The van der Waals surface area contributed by atoms with Crippen LogP contribution in [0.15, 0.2) is 0 Å². The summed E-state index contributed by atoms with van der Waals surface area (Å²) in [6.07, 6.45) is -0.296. The van der Waals surface area contributed by atoms with Gasteiger partial charge in [-0.25, -0.2) is 8.78 Å². The van der Waals surface area contributed by atoms with Gasteiger partial charge in [0.05, 0.1) is 13.2 Å². The number of ether oxygens (including phenoxy) is 1. The fraction of sp³-hybridized carbons (Fsp3) is 1.00. The fourth-order valence-corrected chi connectivity index (χ4v) is 1.88. The van der Waals surface area contributed by atoms with Gasteiger partial charge in [0.1, 0.15) is 0 Å². The molecule has 0 amide bonds. The Morgan fingerprint density at radius 3 is 2.60 bits per heavy atom. The van der Waals surface area contributed by atoms with Crippen molar-refractivity contribution in [2.75, 3.05) is 39.9 Å². The molecule has 1 N–H and O–H groups in total. The van der Waals surface area contributed by atoms with Gasteiger partial charge in [0.2, 0.25) is 0 Å². The highest BCUT2D eigenvalue weighted by molar-refractivity contribution is 4.77. The number of hydrogen-bond donors (Lipinski definition) is 1. The third-order valence-electron chi connectivity index (χ3n) is 2.72. The second-order valence-corrected chi connectivity index (χ2v) is 3.91. The van der Waals surface area contributed by atoms with Gasteiger partial charge in [-0.15, -0.1) is 0 Å². The highest BCUT2D eigenvalue weighted by Crippen LogP contribution is 2.11. The monoisotopic (exact) mass is 222 g/mol. The van der Waals surface area contributed by atoms with Crippen molar-refractivity contribution < 1.29 is 13.5 Å². The van der Waals surface area contributed by atoms with E-state index in [1.54, 1.807) is 7.11 Å². The molecule has 1 aliphatic heterocycles. The van der Waals surface area contributed by atoms with Gasteiger partial charge >= 0.3 is 0 Å². The maximum Gasteiger partial charge on any atom is 0.251 e. The predicted molar refractivity (Wildman–Crippen MR) is 55.3 cm³/mol. The van der Waals surface area contributed by atoms with Gasteiger partial charge in [-0.05, 0) is 25.9 Å². The molecule has 90 valence electrons. The third kappa shape index (κ3) is 5.39. The lowest BCUT2D eigenvalue weighted by molar-refractivity contribution is 0.0723. The van der Waals surface area contributed by atoms with Crippen LogP contribution >= 0.6 is 0 Å². The quantitative estimate of drug-likeness (QED) is 0.677. The van der Waals surface area contributed by atoms with Gasteiger partial charge in [-0.1, -0.05) is 0 Å². The second-order valence-electron chi connectivity index (χ2n) is 3.91. The number of likely N-dealkylation sites (tertiary alicyclic amines) is 1. The first kappa shape index (κ1) is 12.8. The summed E-state index contributed by atoms with van der Waals surface area (Å²) in [6.45, 7) is 3.02. The Morgan fingerprint density at radius 1 is 1.40 bits per heavy atom. The van der Waals surface area contributed by atoms with E-state index in [4.69, 9.17) is 4.74 Å². The van der Waals surface area contributed by atoms with Crippen molar-refractivity contribution in [2.45, 2.75) is 25.3 Å². The lowest BCUT2D eigenvalue weighted by Gasteiger charge is -2.32. The second kappa shape index (κ2) is 7.09. The van der Waals surface area contributed by atoms with Crippen LogP contribution in [-0.2, 0) is 4.74 Å². The number of methoxy groups -OCH3 is 1. The van der Waals surface area contributed by atoms with Crippen LogP contribution in [0.1, 0.15) is 12.8 Å². The molecule has 0 spiro atoms. The predicted octanol–water partition coefficient (Wildman–Crippen LogP) is 0.952. The van der Waals surface area contributed by atoms with Crippen LogP contribution in [-0.4, -0.2) is 57.3 Å². The van der Waals surface area contributed by atoms with E-state index >= 15 is 0 Å². The van der Waals surface area contributed by atoms with Crippen LogP contribution in [0.2, 0.25) is 0 Å². The summed E-state index contributed by atoms with van der Waals surface area (Å²) in [4.78, 5) is 1.83. The zero-order valence-electron chi connectivity index (χ0n) is 9.22. The van der Waals surface area contributed by atoms with E-state index < -0.39 is 6.43 Å². The van der Waals surface area contributed by atoms with Crippen molar-refractivity contribution >= 4 is 0 Å². The number of piperidine rings is 1. The van der Waals surface area contributed by atoms with Crippen LogP contribution in [0.5, 0.6) is 0 Å². The Kier molecular flexibility index (Phi) is 6.05.